The molecule has 1 aliphatic rings. The van der Waals surface area contributed by atoms with Gasteiger partial charge in [0.05, 0.1) is 34.5 Å². The highest BCUT2D eigenvalue weighted by Gasteiger charge is 2.36. The lowest BCUT2D eigenvalue weighted by Gasteiger charge is -2.14. The Morgan fingerprint density at radius 1 is 1.09 bits per heavy atom. The van der Waals surface area contributed by atoms with Crippen molar-refractivity contribution in [3.05, 3.63) is 106 Å². The number of nitrogens with one attached hydrogen (secondary N) is 2. The van der Waals surface area contributed by atoms with Crippen LogP contribution in [0.15, 0.2) is 84.2 Å². The van der Waals surface area contributed by atoms with Gasteiger partial charge in [-0.2, -0.15) is 0 Å². The number of H-pyrrole nitrogens is 1. The van der Waals surface area contributed by atoms with E-state index in [1.165, 1.54) is 12.1 Å². The molecule has 1 aliphatic heterocycles. The Kier molecular flexibility index (Phi) is 5.90. The molecule has 9 nitrogen and oxygen atoms in total. The van der Waals surface area contributed by atoms with Crippen LogP contribution >= 0.6 is 0 Å². The molecule has 2 heterocycles. The number of fused-ring (bicyclic) bond motifs is 1. The summed E-state index contributed by atoms with van der Waals surface area (Å²) < 4.78 is 0. The highest BCUT2D eigenvalue weighted by molar-refractivity contribution is 6.24. The van der Waals surface area contributed by atoms with Crippen LogP contribution in [0.3, 0.4) is 0 Å². The molecule has 0 fully saturated rings. The van der Waals surface area contributed by atoms with E-state index in [0.717, 1.165) is 28.8 Å². The molecule has 3 aromatic carbocycles. The molecule has 0 aliphatic carbocycles. The van der Waals surface area contributed by atoms with E-state index in [9.17, 15) is 14.9 Å². The van der Waals surface area contributed by atoms with Gasteiger partial charge in [-0.05, 0) is 47.9 Å². The first-order chi connectivity index (χ1) is 17.0. The van der Waals surface area contributed by atoms with Gasteiger partial charge in [0.2, 0.25) is 5.91 Å². The Labute approximate surface area is 200 Å². The fourth-order valence-electron chi connectivity index (χ4n) is 4.21. The Bertz CT molecular complexity index is 1410. The van der Waals surface area contributed by atoms with Crippen molar-refractivity contribution in [2.45, 2.75) is 12.3 Å². The molecule has 1 amide bonds. The van der Waals surface area contributed by atoms with E-state index in [1.807, 2.05) is 48.5 Å². The predicted octanol–water partition coefficient (Wildman–Crippen LogP) is 4.34. The average Bonchev–Trinajstić information content (AvgIpc) is 3.51. The van der Waals surface area contributed by atoms with Gasteiger partial charge in [0.1, 0.15) is 5.92 Å². The number of hydrogen-bond donors (Lipinski definition) is 3. The Balaban J connectivity index is 1.60. The molecule has 5 rings (SSSR count). The number of nitro groups is 1. The number of non-ortho nitro benzene ring substituents is 1. The van der Waals surface area contributed by atoms with E-state index >= 15 is 0 Å². The molecule has 1 unspecified atom stereocenters. The Morgan fingerprint density at radius 2 is 1.86 bits per heavy atom. The van der Waals surface area contributed by atoms with Crippen LogP contribution < -0.4 is 11.1 Å². The number of aromatic amines is 1. The number of aromatic nitrogens is 2. The number of nitrogens with two attached hydrogens (primary N) is 1. The minimum absolute atomic E-state index is 0.0770. The minimum Gasteiger partial charge on any atom is -0.345 e. The van der Waals surface area contributed by atoms with Gasteiger partial charge in [0.15, 0.2) is 0 Å². The van der Waals surface area contributed by atoms with Crippen LogP contribution in [0.5, 0.6) is 0 Å². The van der Waals surface area contributed by atoms with Crippen LogP contribution in [0, 0.1) is 10.1 Å². The molecule has 0 bridgehead atoms. The lowest BCUT2D eigenvalue weighted by atomic mass is 9.90. The lowest BCUT2D eigenvalue weighted by molar-refractivity contribution is -0.384. The zero-order valence-electron chi connectivity index (χ0n) is 18.6. The van der Waals surface area contributed by atoms with Crippen molar-refractivity contribution in [2.75, 3.05) is 11.9 Å². The molecule has 0 saturated carbocycles. The quantitative estimate of drug-likeness (QED) is 0.211. The predicted molar refractivity (Wildman–Crippen MR) is 134 cm³/mol. The molecular formula is C26H22N6O3. The first-order valence-electron chi connectivity index (χ1n) is 11.1. The summed E-state index contributed by atoms with van der Waals surface area (Å²) in [5, 5.41) is 14.2. The van der Waals surface area contributed by atoms with Crippen LogP contribution in [0.25, 0.3) is 11.3 Å². The normalized spacial score (nSPS) is 15.1. The third-order valence-corrected chi connectivity index (χ3v) is 5.96. The number of hydrogen-bond acceptors (Lipinski definition) is 6. The lowest BCUT2D eigenvalue weighted by Crippen LogP contribution is -2.22. The number of anilines is 1. The average molecular weight is 467 g/mol. The summed E-state index contributed by atoms with van der Waals surface area (Å²) in [4.78, 5) is 36.0. The van der Waals surface area contributed by atoms with Crippen LogP contribution in [0.2, 0.25) is 0 Å². The van der Waals surface area contributed by atoms with Crippen molar-refractivity contribution in [3.63, 3.8) is 0 Å². The number of imidazole rings is 1. The van der Waals surface area contributed by atoms with Crippen molar-refractivity contribution in [1.82, 2.24) is 9.97 Å². The molecule has 35 heavy (non-hydrogen) atoms. The van der Waals surface area contributed by atoms with Gasteiger partial charge in [-0.15, -0.1) is 0 Å². The van der Waals surface area contributed by atoms with Crippen LogP contribution in [-0.2, 0) is 11.2 Å². The number of benzene rings is 3. The zero-order valence-corrected chi connectivity index (χ0v) is 18.6. The van der Waals surface area contributed by atoms with Crippen molar-refractivity contribution >= 4 is 28.7 Å². The van der Waals surface area contributed by atoms with Gasteiger partial charge in [-0.1, -0.05) is 36.4 Å². The van der Waals surface area contributed by atoms with E-state index in [-0.39, 0.29) is 11.6 Å². The summed E-state index contributed by atoms with van der Waals surface area (Å²) in [6.07, 6.45) is 4.09. The molecule has 1 atom stereocenters. The molecule has 4 N–H and O–H groups in total. The summed E-state index contributed by atoms with van der Waals surface area (Å²) in [6.45, 7) is 0.533. The Hall–Kier alpha value is -4.63. The van der Waals surface area contributed by atoms with Crippen molar-refractivity contribution in [1.29, 1.82) is 0 Å². The minimum atomic E-state index is -0.794. The Morgan fingerprint density at radius 3 is 2.51 bits per heavy atom. The van der Waals surface area contributed by atoms with Gasteiger partial charge in [-0.25, -0.2) is 4.98 Å². The van der Waals surface area contributed by atoms with Crippen molar-refractivity contribution < 1.29 is 9.72 Å². The van der Waals surface area contributed by atoms with Crippen LogP contribution in [-0.4, -0.2) is 33.1 Å². The molecule has 0 radical (unpaired) electrons. The maximum absolute atomic E-state index is 13.1. The van der Waals surface area contributed by atoms with Crippen LogP contribution in [0.1, 0.15) is 22.6 Å². The number of nitrogens with zero attached hydrogens (tertiary/aromatic N) is 3. The zero-order chi connectivity index (χ0) is 24.4. The van der Waals surface area contributed by atoms with E-state index in [0.29, 0.717) is 29.2 Å². The van der Waals surface area contributed by atoms with Gasteiger partial charge in [-0.3, -0.25) is 19.9 Å². The SMILES string of the molecule is NCCc1ccc(C(=Nc2ccc(-c3cnc[nH]3)cc2)C2C(=O)Nc3ccc([N+](=O)[O-])cc32)cc1. The fourth-order valence-corrected chi connectivity index (χ4v) is 4.21. The molecule has 9 heteroatoms. The van der Waals surface area contributed by atoms with Gasteiger partial charge in [0, 0.05) is 23.4 Å². The maximum Gasteiger partial charge on any atom is 0.269 e. The van der Waals surface area contributed by atoms with Gasteiger partial charge in [0.25, 0.3) is 5.69 Å². The summed E-state index contributed by atoms with van der Waals surface area (Å²) in [7, 11) is 0. The smallest absolute Gasteiger partial charge is 0.269 e. The van der Waals surface area contributed by atoms with E-state index in [2.05, 4.69) is 15.3 Å². The summed E-state index contributed by atoms with van der Waals surface area (Å²) in [6, 6.07) is 19.7. The van der Waals surface area contributed by atoms with Crippen molar-refractivity contribution in [3.8, 4) is 11.3 Å². The first-order valence-corrected chi connectivity index (χ1v) is 11.1. The number of aliphatic imine (C=N–C) groups is 1. The topological polar surface area (TPSA) is 139 Å². The van der Waals surface area contributed by atoms with E-state index < -0.39 is 10.8 Å². The van der Waals surface area contributed by atoms with Crippen LogP contribution in [0.4, 0.5) is 17.1 Å². The third-order valence-electron chi connectivity index (χ3n) is 5.96. The highest BCUT2D eigenvalue weighted by atomic mass is 16.6. The second kappa shape index (κ2) is 9.32. The van der Waals surface area contributed by atoms with Gasteiger partial charge >= 0.3 is 0 Å². The molecular weight excluding hydrogens is 444 g/mol. The molecule has 0 spiro atoms. The second-order valence-electron chi connectivity index (χ2n) is 8.20. The largest absolute Gasteiger partial charge is 0.345 e. The standard InChI is InChI=1S/C26H22N6O3/c27-12-11-16-1-3-18(4-2-16)25(30-19-7-5-17(6-8-19)23-14-28-15-29-23)24-21-13-20(32(34)35)9-10-22(21)31-26(24)33/h1-10,13-15,24H,11-12,27H2,(H,28,29)(H,31,33). The monoisotopic (exact) mass is 466 g/mol. The van der Waals surface area contributed by atoms with Gasteiger partial charge < -0.3 is 16.0 Å². The molecule has 4 aromatic rings. The van der Waals surface area contributed by atoms with E-state index in [1.54, 1.807) is 18.6 Å². The summed E-state index contributed by atoms with van der Waals surface area (Å²) >= 11 is 0. The number of rotatable bonds is 7. The summed E-state index contributed by atoms with van der Waals surface area (Å²) in [5.74, 6) is -1.07. The van der Waals surface area contributed by atoms with Crippen molar-refractivity contribution in [2.24, 2.45) is 10.7 Å². The fraction of sp³-hybridized carbons (Fsp3) is 0.115. The third kappa shape index (κ3) is 4.44. The number of amides is 1. The number of nitro benzene ring substituents is 1. The summed E-state index contributed by atoms with van der Waals surface area (Å²) in [5.41, 5.74) is 11.5. The highest BCUT2D eigenvalue weighted by Crippen LogP contribution is 2.38. The molecule has 0 saturated heterocycles. The number of carbonyl (C=O) groups is 1. The molecule has 1 aromatic heterocycles. The van der Waals surface area contributed by atoms with E-state index in [4.69, 9.17) is 10.7 Å². The first kappa shape index (κ1) is 22.2. The molecule has 174 valence electrons. The second-order valence-corrected chi connectivity index (χ2v) is 8.20. The maximum atomic E-state index is 13.1. The number of carbonyl (C=O) groups excluding carboxylic acids is 1.